The highest BCUT2D eigenvalue weighted by Gasteiger charge is 2.39. The van der Waals surface area contributed by atoms with Gasteiger partial charge in [-0.05, 0) is 101 Å². The molecule has 5 N–H and O–H groups in total. The molecule has 7 atom stereocenters. The van der Waals surface area contributed by atoms with Crippen LogP contribution in [-0.4, -0.2) is 112 Å². The molecular weight excluding hydrogens is 755 g/mol. The Morgan fingerprint density at radius 1 is 1.08 bits per heavy atom. The molecule has 6 aliphatic rings. The molecule has 5 unspecified atom stereocenters. The lowest BCUT2D eigenvalue weighted by atomic mass is 9.80. The molecule has 0 radical (unpaired) electrons. The molecule has 3 fully saturated rings. The first-order chi connectivity index (χ1) is 28.8. The summed E-state index contributed by atoms with van der Waals surface area (Å²) in [6, 6.07) is 11.6. The molecule has 3 saturated heterocycles. The molecule has 2 aromatic rings. The van der Waals surface area contributed by atoms with Gasteiger partial charge in [0.05, 0.1) is 69.0 Å². The summed E-state index contributed by atoms with van der Waals surface area (Å²) in [6.07, 6.45) is 18.6. The Morgan fingerprint density at radius 2 is 1.87 bits per heavy atom. The third-order valence-electron chi connectivity index (χ3n) is 13.6. The largest absolute Gasteiger partial charge is 0.493 e. The number of aromatic nitrogens is 2. The highest BCUT2D eigenvalue weighted by Crippen LogP contribution is 2.39. The first kappa shape index (κ1) is 42.2. The van der Waals surface area contributed by atoms with Crippen LogP contribution in [0.3, 0.4) is 0 Å². The third kappa shape index (κ3) is 9.38. The Labute approximate surface area is 356 Å². The molecule has 8 rings (SSSR count). The molecule has 324 valence electrons. The number of carbonyl (C=O) groups excluding carboxylic acids is 1. The normalized spacial score (nSPS) is 29.3. The predicted molar refractivity (Wildman–Crippen MR) is 234 cm³/mol. The maximum absolute atomic E-state index is 13.7. The Hall–Kier alpha value is -4.46. The van der Waals surface area contributed by atoms with Crippen molar-refractivity contribution in [2.75, 3.05) is 46.1 Å². The van der Waals surface area contributed by atoms with Gasteiger partial charge in [0.2, 0.25) is 0 Å². The zero-order valence-electron chi connectivity index (χ0n) is 36.5. The number of piperidine rings is 1. The van der Waals surface area contributed by atoms with E-state index in [1.165, 1.54) is 24.8 Å². The lowest BCUT2D eigenvalue weighted by Crippen LogP contribution is -2.54. The highest BCUT2D eigenvalue weighted by atomic mass is 16.5. The van der Waals surface area contributed by atoms with E-state index in [1.54, 1.807) is 0 Å². The van der Waals surface area contributed by atoms with Crippen molar-refractivity contribution in [1.82, 2.24) is 30.2 Å². The summed E-state index contributed by atoms with van der Waals surface area (Å²) in [5, 5.41) is 20.6. The minimum Gasteiger partial charge on any atom is -0.493 e. The number of amidine groups is 1. The number of urea groups is 1. The second-order valence-electron chi connectivity index (χ2n) is 19.1. The number of likely N-dealkylation sites (tertiary alicyclic amines) is 1. The number of nitrogens with two attached hydrogens (primary N) is 1. The molecule has 2 bridgehead atoms. The first-order valence-corrected chi connectivity index (χ1v) is 22.5. The molecule has 2 aliphatic carbocycles. The number of guanidine groups is 1. The Kier molecular flexibility index (Phi) is 12.6. The number of rotatable bonds is 11. The Bertz CT molecular complexity index is 2000. The van der Waals surface area contributed by atoms with Crippen molar-refractivity contribution in [2.45, 2.75) is 140 Å². The monoisotopic (exact) mass is 823 g/mol. The smallest absolute Gasteiger partial charge is 0.342 e. The number of nitrogens with zero attached hydrogens (tertiary/aromatic N) is 5. The second kappa shape index (κ2) is 17.9. The van der Waals surface area contributed by atoms with Crippen molar-refractivity contribution in [3.8, 4) is 0 Å². The van der Waals surface area contributed by atoms with E-state index in [0.29, 0.717) is 56.2 Å². The highest BCUT2D eigenvalue weighted by molar-refractivity contribution is 5.92. The molecule has 0 saturated carbocycles. The fourth-order valence-corrected chi connectivity index (χ4v) is 10.0. The van der Waals surface area contributed by atoms with E-state index in [1.807, 2.05) is 22.8 Å². The molecule has 60 heavy (non-hydrogen) atoms. The van der Waals surface area contributed by atoms with Gasteiger partial charge in [-0.25, -0.2) is 9.37 Å². The molecule has 0 spiro atoms. The summed E-state index contributed by atoms with van der Waals surface area (Å²) in [5.74, 6) is 2.08. The fourth-order valence-electron chi connectivity index (χ4n) is 10.0. The number of morpholine rings is 1. The Balaban J connectivity index is 0.874. The lowest BCUT2D eigenvalue weighted by Gasteiger charge is -2.37. The third-order valence-corrected chi connectivity index (χ3v) is 13.6. The van der Waals surface area contributed by atoms with E-state index in [-0.39, 0.29) is 29.4 Å². The Morgan fingerprint density at radius 3 is 2.63 bits per heavy atom. The summed E-state index contributed by atoms with van der Waals surface area (Å²) in [5.41, 5.74) is 9.98. The van der Waals surface area contributed by atoms with Crippen molar-refractivity contribution in [3.63, 3.8) is 0 Å². The van der Waals surface area contributed by atoms with Crippen LogP contribution in [0.5, 0.6) is 0 Å². The molecule has 4 aliphatic heterocycles. The van der Waals surface area contributed by atoms with Gasteiger partial charge in [-0.1, -0.05) is 51.1 Å². The number of amides is 2. The van der Waals surface area contributed by atoms with Crippen LogP contribution in [0.4, 0.5) is 4.79 Å². The number of hydrogen-bond donors (Lipinski definition) is 4. The number of ether oxygens (including phenoxy) is 3. The zero-order chi connectivity index (χ0) is 42.0. The number of benzene rings is 1. The van der Waals surface area contributed by atoms with Gasteiger partial charge in [-0.15, -0.1) is 0 Å². The minimum absolute atomic E-state index is 0.0136. The number of hydrogen-bond acceptors (Lipinski definition) is 8. The summed E-state index contributed by atoms with van der Waals surface area (Å²) in [7, 11) is 0. The quantitative estimate of drug-likeness (QED) is 0.116. The number of fused-ring (bicyclic) bond motifs is 3. The van der Waals surface area contributed by atoms with Gasteiger partial charge in [-0.3, -0.25) is 14.5 Å². The summed E-state index contributed by atoms with van der Waals surface area (Å²) in [6.45, 7) is 16.3. The summed E-state index contributed by atoms with van der Waals surface area (Å²) in [4.78, 5) is 18.4. The second-order valence-corrected chi connectivity index (χ2v) is 19.1. The van der Waals surface area contributed by atoms with E-state index >= 15 is 0 Å². The molecule has 13 nitrogen and oxygen atoms in total. The average Bonchev–Trinajstić information content (AvgIpc) is 3.77. The standard InChI is InChI=1S/C47H67N9O4/c1-32-11-8-9-22-53(32)44(49)55-31-47(5,21-20-43(55)48)60-28-33-16-19-41(40-15-7-6-14-39(33)40)51-45(57)50-27-37-26-42(46(2,3)4)52-56(37)34-12-10-13-38(25-34)59-24-23-54-35-17-18-36(54)30-58-29-35/h6-7,10,13-15,20-21,25-26,32-36,41,48-49H,8-9,11-12,16-19,22-24,27-31H2,1-5H3,(H2,50,51,57)/p+1/t32-,33?,34?,35?,36?,41-,47?/m0/s1. The van der Waals surface area contributed by atoms with Crippen molar-refractivity contribution < 1.29 is 23.6 Å². The maximum atomic E-state index is 13.7. The summed E-state index contributed by atoms with van der Waals surface area (Å²) >= 11 is 0. The molecule has 1 aromatic carbocycles. The van der Waals surface area contributed by atoms with Crippen LogP contribution < -0.4 is 16.4 Å². The average molecular weight is 823 g/mol. The van der Waals surface area contributed by atoms with Gasteiger partial charge in [0.25, 0.3) is 0 Å². The van der Waals surface area contributed by atoms with Crippen LogP contribution in [0.25, 0.3) is 0 Å². The van der Waals surface area contributed by atoms with Crippen molar-refractivity contribution in [1.29, 1.82) is 5.41 Å². The topological polar surface area (TPSA) is 146 Å². The van der Waals surface area contributed by atoms with E-state index in [0.717, 1.165) is 81.1 Å². The van der Waals surface area contributed by atoms with Crippen molar-refractivity contribution >= 4 is 17.8 Å². The van der Waals surface area contributed by atoms with E-state index in [4.69, 9.17) is 30.5 Å². The van der Waals surface area contributed by atoms with Gasteiger partial charge in [0.15, 0.2) is 5.84 Å². The first-order valence-electron chi connectivity index (χ1n) is 22.5. The van der Waals surface area contributed by atoms with E-state index < -0.39 is 5.60 Å². The zero-order valence-corrected chi connectivity index (χ0v) is 36.5. The lowest BCUT2D eigenvalue weighted by molar-refractivity contribution is -0.446. The number of carbonyl (C=O) groups is 1. The summed E-state index contributed by atoms with van der Waals surface area (Å²) < 4.78 is 22.8. The molecular formula is C47H68N9O4+. The molecule has 13 heteroatoms. The van der Waals surface area contributed by atoms with Gasteiger partial charge in [0, 0.05) is 36.0 Å². The van der Waals surface area contributed by atoms with Crippen LogP contribution in [-0.2, 0) is 26.2 Å². The molecule has 5 heterocycles. The molecule has 2 amide bonds. The maximum Gasteiger partial charge on any atom is 0.342 e. The number of allylic oxidation sites excluding steroid dienone is 3. The van der Waals surface area contributed by atoms with Crippen molar-refractivity contribution in [3.05, 3.63) is 89.0 Å². The minimum atomic E-state index is -0.599. The van der Waals surface area contributed by atoms with Gasteiger partial charge < -0.3 is 30.6 Å². The van der Waals surface area contributed by atoms with Gasteiger partial charge in [-0.2, -0.15) is 10.5 Å². The van der Waals surface area contributed by atoms with Crippen LogP contribution in [0, 0.1) is 5.41 Å². The van der Waals surface area contributed by atoms with Gasteiger partial charge >= 0.3 is 12.0 Å². The number of nitrogens with one attached hydrogen (secondary N) is 3. The van der Waals surface area contributed by atoms with Crippen LogP contribution in [0.15, 0.2) is 66.5 Å². The van der Waals surface area contributed by atoms with Crippen molar-refractivity contribution in [2.24, 2.45) is 5.73 Å². The SMILES string of the molecule is C[C@H]1CCCCN1C(=N)[N+]1=C(N)C=CC(C)(OCC2CC[C@H](NC(=O)NCc3cc(C(C)(C)C)nn3C3C=C(OCCN4C5CCC4COC5)C=CC3)c3ccccc32)C1. The molecule has 1 aromatic heterocycles. The predicted octanol–water partition coefficient (Wildman–Crippen LogP) is 6.39. The van der Waals surface area contributed by atoms with Gasteiger partial charge in [0.1, 0.15) is 18.0 Å². The van der Waals surface area contributed by atoms with Crippen LogP contribution >= 0.6 is 0 Å². The van der Waals surface area contributed by atoms with E-state index in [9.17, 15) is 4.79 Å². The van der Waals surface area contributed by atoms with Crippen LogP contribution in [0.2, 0.25) is 0 Å². The van der Waals surface area contributed by atoms with E-state index in [2.05, 4.69) is 102 Å². The van der Waals surface area contributed by atoms with Crippen LogP contribution in [0.1, 0.15) is 127 Å². The fraction of sp³-hybridized carbons (Fsp3) is 0.617.